The van der Waals surface area contributed by atoms with Gasteiger partial charge in [0.2, 0.25) is 17.7 Å². The Bertz CT molecular complexity index is 833. The summed E-state index contributed by atoms with van der Waals surface area (Å²) < 4.78 is 0. The molecule has 0 aromatic heterocycles. The number of nitrogens with zero attached hydrogens (tertiary/aromatic N) is 1. The number of anilines is 2. The van der Waals surface area contributed by atoms with Crippen molar-refractivity contribution in [2.45, 2.75) is 33.7 Å². The second-order valence-electron chi connectivity index (χ2n) is 6.49. The molecule has 3 amide bonds. The van der Waals surface area contributed by atoms with Gasteiger partial charge in [-0.05, 0) is 30.7 Å². The summed E-state index contributed by atoms with van der Waals surface area (Å²) in [6.45, 7) is 5.74. The van der Waals surface area contributed by atoms with E-state index in [2.05, 4.69) is 10.6 Å². The van der Waals surface area contributed by atoms with E-state index < -0.39 is 0 Å². The lowest BCUT2D eigenvalue weighted by atomic mass is 10.1. The molecule has 0 aliphatic heterocycles. The molecule has 0 heterocycles. The number of amides is 3. The van der Waals surface area contributed by atoms with Crippen molar-refractivity contribution in [3.05, 3.63) is 59.7 Å². The number of carbonyl (C=O) groups excluding carboxylic acids is 3. The largest absolute Gasteiger partial charge is 0.338 e. The van der Waals surface area contributed by atoms with E-state index in [0.717, 1.165) is 11.1 Å². The van der Waals surface area contributed by atoms with Crippen molar-refractivity contribution in [1.29, 1.82) is 0 Å². The van der Waals surface area contributed by atoms with Crippen molar-refractivity contribution in [2.24, 2.45) is 0 Å². The van der Waals surface area contributed by atoms with Crippen LogP contribution < -0.4 is 10.6 Å². The Kier molecular flexibility index (Phi) is 7.11. The Morgan fingerprint density at radius 2 is 1.59 bits per heavy atom. The van der Waals surface area contributed by atoms with Crippen molar-refractivity contribution in [3.63, 3.8) is 0 Å². The third-order valence-electron chi connectivity index (χ3n) is 3.98. The van der Waals surface area contributed by atoms with Gasteiger partial charge in [0.15, 0.2) is 0 Å². The highest BCUT2D eigenvalue weighted by atomic mass is 16.2. The van der Waals surface area contributed by atoms with Gasteiger partial charge in [-0.3, -0.25) is 14.4 Å². The van der Waals surface area contributed by atoms with Crippen molar-refractivity contribution < 1.29 is 14.4 Å². The Morgan fingerprint density at radius 3 is 2.22 bits per heavy atom. The van der Waals surface area contributed by atoms with E-state index in [1.807, 2.05) is 31.2 Å². The first-order valence-corrected chi connectivity index (χ1v) is 8.82. The lowest BCUT2D eigenvalue weighted by molar-refractivity contribution is -0.130. The van der Waals surface area contributed by atoms with Crippen LogP contribution in [0.5, 0.6) is 0 Å². The maximum Gasteiger partial charge on any atom is 0.226 e. The molecule has 6 nitrogen and oxygen atoms in total. The lowest BCUT2D eigenvalue weighted by Gasteiger charge is -2.21. The molecule has 0 saturated carbocycles. The lowest BCUT2D eigenvalue weighted by Crippen LogP contribution is -2.31. The van der Waals surface area contributed by atoms with Gasteiger partial charge in [-0.1, -0.05) is 35.9 Å². The van der Waals surface area contributed by atoms with Gasteiger partial charge in [-0.15, -0.1) is 0 Å². The van der Waals surface area contributed by atoms with Crippen molar-refractivity contribution in [3.8, 4) is 0 Å². The van der Waals surface area contributed by atoms with Gasteiger partial charge >= 0.3 is 0 Å². The van der Waals surface area contributed by atoms with E-state index in [4.69, 9.17) is 0 Å². The predicted octanol–water partition coefficient (Wildman–Crippen LogP) is 3.33. The predicted molar refractivity (Wildman–Crippen MR) is 106 cm³/mol. The van der Waals surface area contributed by atoms with Crippen LogP contribution in [0.3, 0.4) is 0 Å². The molecule has 2 aromatic rings. The van der Waals surface area contributed by atoms with Crippen LogP contribution in [0, 0.1) is 6.92 Å². The van der Waals surface area contributed by atoms with Crippen LogP contribution >= 0.6 is 0 Å². The van der Waals surface area contributed by atoms with Crippen LogP contribution in [-0.2, 0) is 20.9 Å². The molecule has 0 spiro atoms. The fourth-order valence-electron chi connectivity index (χ4n) is 2.72. The Labute approximate surface area is 159 Å². The second-order valence-corrected chi connectivity index (χ2v) is 6.49. The zero-order chi connectivity index (χ0) is 19.8. The molecule has 0 atom stereocenters. The summed E-state index contributed by atoms with van der Waals surface area (Å²) in [7, 11) is 0. The Balaban J connectivity index is 1.92. The maximum absolute atomic E-state index is 12.2. The first-order valence-electron chi connectivity index (χ1n) is 8.82. The molecule has 0 bridgehead atoms. The van der Waals surface area contributed by atoms with Gasteiger partial charge in [-0.2, -0.15) is 0 Å². The molecule has 0 radical (unpaired) electrons. The molecule has 0 saturated heterocycles. The Morgan fingerprint density at radius 1 is 0.926 bits per heavy atom. The van der Waals surface area contributed by atoms with E-state index in [9.17, 15) is 14.4 Å². The monoisotopic (exact) mass is 367 g/mol. The van der Waals surface area contributed by atoms with E-state index in [1.54, 1.807) is 29.2 Å². The van der Waals surface area contributed by atoms with Crippen molar-refractivity contribution in [1.82, 2.24) is 4.90 Å². The summed E-state index contributed by atoms with van der Waals surface area (Å²) in [5.74, 6) is -0.436. The molecule has 0 fully saturated rings. The molecule has 0 aliphatic carbocycles. The molecule has 27 heavy (non-hydrogen) atoms. The van der Waals surface area contributed by atoms with Gasteiger partial charge in [0.05, 0.1) is 0 Å². The number of nitrogens with one attached hydrogen (secondary N) is 2. The SMILES string of the molecule is CC(=O)Nc1cccc(NC(=O)CCN(Cc2cccc(C)c2)C(C)=O)c1. The molecule has 0 unspecified atom stereocenters. The molecule has 2 rings (SSSR count). The number of carbonyl (C=O) groups is 3. The highest BCUT2D eigenvalue weighted by Crippen LogP contribution is 2.15. The number of hydrogen-bond donors (Lipinski definition) is 2. The molecular weight excluding hydrogens is 342 g/mol. The van der Waals surface area contributed by atoms with E-state index in [1.165, 1.54) is 13.8 Å². The van der Waals surface area contributed by atoms with Crippen LogP contribution in [0.15, 0.2) is 48.5 Å². The number of aryl methyl sites for hydroxylation is 1. The van der Waals surface area contributed by atoms with Crippen LogP contribution in [0.25, 0.3) is 0 Å². The number of benzene rings is 2. The fourth-order valence-corrected chi connectivity index (χ4v) is 2.72. The van der Waals surface area contributed by atoms with E-state index in [-0.39, 0.29) is 24.1 Å². The van der Waals surface area contributed by atoms with E-state index >= 15 is 0 Å². The molecule has 0 aliphatic rings. The first-order chi connectivity index (χ1) is 12.8. The van der Waals surface area contributed by atoms with Crippen molar-refractivity contribution >= 4 is 29.1 Å². The highest BCUT2D eigenvalue weighted by molar-refractivity contribution is 5.93. The first kappa shape index (κ1) is 20.2. The van der Waals surface area contributed by atoms with Crippen LogP contribution in [-0.4, -0.2) is 29.2 Å². The van der Waals surface area contributed by atoms with Gasteiger partial charge in [0, 0.05) is 44.7 Å². The minimum atomic E-state index is -0.189. The third-order valence-corrected chi connectivity index (χ3v) is 3.98. The summed E-state index contributed by atoms with van der Waals surface area (Å²) in [6, 6.07) is 14.9. The Hall–Kier alpha value is -3.15. The quantitative estimate of drug-likeness (QED) is 0.788. The number of hydrogen-bond acceptors (Lipinski definition) is 3. The molecule has 2 aromatic carbocycles. The highest BCUT2D eigenvalue weighted by Gasteiger charge is 2.12. The molecule has 2 N–H and O–H groups in total. The van der Waals surface area contributed by atoms with Gasteiger partial charge < -0.3 is 15.5 Å². The van der Waals surface area contributed by atoms with Crippen molar-refractivity contribution in [2.75, 3.05) is 17.2 Å². The topological polar surface area (TPSA) is 78.5 Å². The smallest absolute Gasteiger partial charge is 0.226 e. The average Bonchev–Trinajstić information content (AvgIpc) is 2.58. The minimum Gasteiger partial charge on any atom is -0.338 e. The zero-order valence-corrected chi connectivity index (χ0v) is 15.9. The third kappa shape index (κ3) is 6.93. The van der Waals surface area contributed by atoms with E-state index in [0.29, 0.717) is 24.5 Å². The summed E-state index contributed by atoms with van der Waals surface area (Å²) in [6.07, 6.45) is 0.190. The second kappa shape index (κ2) is 9.52. The van der Waals surface area contributed by atoms with Crippen LogP contribution in [0.2, 0.25) is 0 Å². The van der Waals surface area contributed by atoms with Gasteiger partial charge in [0.1, 0.15) is 0 Å². The van der Waals surface area contributed by atoms with Gasteiger partial charge in [0.25, 0.3) is 0 Å². The fraction of sp³-hybridized carbons (Fsp3) is 0.286. The zero-order valence-electron chi connectivity index (χ0n) is 15.9. The van der Waals surface area contributed by atoms with Gasteiger partial charge in [-0.25, -0.2) is 0 Å². The average molecular weight is 367 g/mol. The summed E-state index contributed by atoms with van der Waals surface area (Å²) >= 11 is 0. The molecular formula is C21H25N3O3. The number of rotatable bonds is 7. The summed E-state index contributed by atoms with van der Waals surface area (Å²) in [5, 5.41) is 5.47. The van der Waals surface area contributed by atoms with Crippen LogP contribution in [0.4, 0.5) is 11.4 Å². The van der Waals surface area contributed by atoms with Crippen LogP contribution in [0.1, 0.15) is 31.4 Å². The minimum absolute atomic E-state index is 0.0723. The normalized spacial score (nSPS) is 10.2. The summed E-state index contributed by atoms with van der Waals surface area (Å²) in [4.78, 5) is 36.9. The maximum atomic E-state index is 12.2. The standard InChI is InChI=1S/C21H25N3O3/c1-15-6-4-7-18(12-15)14-24(17(3)26)11-10-21(27)23-20-9-5-8-19(13-20)22-16(2)25/h4-9,12-13H,10-11,14H2,1-3H3,(H,22,25)(H,23,27). The summed E-state index contributed by atoms with van der Waals surface area (Å²) in [5.41, 5.74) is 3.38. The molecule has 6 heteroatoms. The molecule has 142 valence electrons.